The quantitative estimate of drug-likeness (QED) is 0.386. The average Bonchev–Trinajstić information content (AvgIpc) is 2.74. The molecule has 1 aliphatic heterocycles. The number of hydrogen-bond donors (Lipinski definition) is 0. The minimum absolute atomic E-state index is 0.00416. The van der Waals surface area contributed by atoms with Gasteiger partial charge in [-0.3, -0.25) is 9.59 Å². The zero-order valence-electron chi connectivity index (χ0n) is 22.0. The number of hydrogen-bond acceptors (Lipinski definition) is 3. The van der Waals surface area contributed by atoms with Gasteiger partial charge in [-0.1, -0.05) is 41.5 Å². The first-order chi connectivity index (χ1) is 15.3. The third kappa shape index (κ3) is 2.57. The number of Topliss-reactive ketones (excluding diaryl/α,β-unsaturated/α-hetero) is 2. The normalized spacial score (nSPS) is 57.4. The Labute approximate surface area is 201 Å². The molecule has 1 spiro atoms. The molecule has 0 aromatic rings. The Morgan fingerprint density at radius 1 is 0.788 bits per heavy atom. The van der Waals surface area contributed by atoms with Crippen molar-refractivity contribution in [3.8, 4) is 0 Å². The fourth-order valence-corrected chi connectivity index (χ4v) is 11.5. The molecule has 2 bridgehead atoms. The van der Waals surface area contributed by atoms with Crippen LogP contribution in [0.25, 0.3) is 0 Å². The van der Waals surface area contributed by atoms with Crippen LogP contribution >= 0.6 is 0 Å². The van der Waals surface area contributed by atoms with Crippen LogP contribution in [-0.2, 0) is 14.3 Å². The fourth-order valence-electron chi connectivity index (χ4n) is 11.5. The maximum Gasteiger partial charge on any atom is 0.144 e. The summed E-state index contributed by atoms with van der Waals surface area (Å²) in [5.74, 6) is 1.75. The minimum Gasteiger partial charge on any atom is -0.380 e. The van der Waals surface area contributed by atoms with Crippen molar-refractivity contribution in [2.45, 2.75) is 106 Å². The third-order valence-corrected chi connectivity index (χ3v) is 13.6. The van der Waals surface area contributed by atoms with Crippen LogP contribution < -0.4 is 0 Å². The summed E-state index contributed by atoms with van der Waals surface area (Å²) in [5.41, 5.74) is 1.14. The Morgan fingerprint density at radius 3 is 2.27 bits per heavy atom. The smallest absolute Gasteiger partial charge is 0.144 e. The van der Waals surface area contributed by atoms with Crippen LogP contribution in [0, 0.1) is 56.2 Å². The lowest BCUT2D eigenvalue weighted by Crippen LogP contribution is -2.74. The first-order valence-electron chi connectivity index (χ1n) is 14.0. The molecule has 1 unspecified atom stereocenters. The molecule has 0 amide bonds. The summed E-state index contributed by atoms with van der Waals surface area (Å²) in [6.45, 7) is 16.3. The van der Waals surface area contributed by atoms with Gasteiger partial charge < -0.3 is 4.74 Å². The van der Waals surface area contributed by atoms with Gasteiger partial charge in [0, 0.05) is 22.7 Å². The number of rotatable bonds is 0. The molecule has 0 aromatic heterocycles. The number of carbonyl (C=O) groups is 2. The predicted molar refractivity (Wildman–Crippen MR) is 130 cm³/mol. The lowest BCUT2D eigenvalue weighted by Gasteiger charge is -2.76. The van der Waals surface area contributed by atoms with Gasteiger partial charge in [-0.15, -0.1) is 0 Å². The molecule has 6 rings (SSSR count). The second-order valence-corrected chi connectivity index (χ2v) is 15.2. The van der Waals surface area contributed by atoms with Gasteiger partial charge in [0.1, 0.15) is 11.6 Å². The Balaban J connectivity index is 1.46. The van der Waals surface area contributed by atoms with Gasteiger partial charge >= 0.3 is 0 Å². The molecule has 5 aliphatic carbocycles. The molecule has 6 fully saturated rings. The van der Waals surface area contributed by atoms with Gasteiger partial charge in [-0.2, -0.15) is 0 Å². The molecule has 33 heavy (non-hydrogen) atoms. The van der Waals surface area contributed by atoms with Crippen LogP contribution in [0.1, 0.15) is 106 Å². The summed E-state index contributed by atoms with van der Waals surface area (Å²) in [5, 5.41) is 0. The second-order valence-electron chi connectivity index (χ2n) is 15.2. The van der Waals surface area contributed by atoms with E-state index in [1.54, 1.807) is 0 Å². The fraction of sp³-hybridized carbons (Fsp3) is 0.933. The Bertz CT molecular complexity index is 906. The Kier molecular flexibility index (Phi) is 4.51. The second kappa shape index (κ2) is 6.54. The molecule has 9 atom stereocenters. The molecule has 0 radical (unpaired) electrons. The van der Waals surface area contributed by atoms with Crippen LogP contribution in [0.15, 0.2) is 0 Å². The first-order valence-corrected chi connectivity index (χ1v) is 14.0. The van der Waals surface area contributed by atoms with E-state index in [9.17, 15) is 9.59 Å². The van der Waals surface area contributed by atoms with Gasteiger partial charge in [0.2, 0.25) is 0 Å². The van der Waals surface area contributed by atoms with E-state index in [-0.39, 0.29) is 46.1 Å². The van der Waals surface area contributed by atoms with Crippen LogP contribution in [0.2, 0.25) is 0 Å². The van der Waals surface area contributed by atoms with Crippen molar-refractivity contribution < 1.29 is 14.3 Å². The van der Waals surface area contributed by atoms with E-state index in [1.807, 2.05) is 0 Å². The van der Waals surface area contributed by atoms with E-state index in [4.69, 9.17) is 4.74 Å². The van der Waals surface area contributed by atoms with Gasteiger partial charge in [0.25, 0.3) is 0 Å². The SMILES string of the molecule is C[C@H]1C(=O)CC(=O)[C@H]2[C@@]34CC[C@@]5(C)[C@@H]6CC(C)(C)CC[C@]6(C)CC[C@]5(COC3)C4CC[C@]12C. The molecule has 6 aliphatic rings. The zero-order chi connectivity index (χ0) is 23.7. The number of carbonyl (C=O) groups excluding carboxylic acids is 2. The summed E-state index contributed by atoms with van der Waals surface area (Å²) in [6, 6.07) is 0. The molecular formula is C30H46O3. The van der Waals surface area contributed by atoms with E-state index in [1.165, 1.54) is 44.9 Å². The molecule has 3 heteroatoms. The lowest BCUT2D eigenvalue weighted by molar-refractivity contribution is -0.315. The highest BCUT2D eigenvalue weighted by atomic mass is 16.5. The average molecular weight is 455 g/mol. The maximum absolute atomic E-state index is 13.7. The van der Waals surface area contributed by atoms with Gasteiger partial charge in [-0.05, 0) is 91.3 Å². The monoisotopic (exact) mass is 454 g/mol. The van der Waals surface area contributed by atoms with Gasteiger partial charge in [0.05, 0.1) is 19.6 Å². The highest BCUT2D eigenvalue weighted by Gasteiger charge is 2.76. The van der Waals surface area contributed by atoms with Crippen molar-refractivity contribution >= 4 is 11.6 Å². The molecule has 1 heterocycles. The zero-order valence-corrected chi connectivity index (χ0v) is 22.0. The third-order valence-electron chi connectivity index (χ3n) is 13.6. The molecule has 0 N–H and O–H groups in total. The lowest BCUT2D eigenvalue weighted by atomic mass is 9.29. The molecular weight excluding hydrogens is 408 g/mol. The van der Waals surface area contributed by atoms with Crippen molar-refractivity contribution in [1.29, 1.82) is 0 Å². The molecule has 1 saturated heterocycles. The molecule has 184 valence electrons. The van der Waals surface area contributed by atoms with Crippen molar-refractivity contribution in [2.75, 3.05) is 13.2 Å². The van der Waals surface area contributed by atoms with Crippen molar-refractivity contribution in [3.05, 3.63) is 0 Å². The minimum atomic E-state index is -0.186. The predicted octanol–water partition coefficient (Wildman–Crippen LogP) is 6.63. The van der Waals surface area contributed by atoms with E-state index < -0.39 is 0 Å². The molecule has 0 aromatic carbocycles. The Morgan fingerprint density at radius 2 is 1.52 bits per heavy atom. The summed E-state index contributed by atoms with van der Waals surface area (Å²) in [4.78, 5) is 26.4. The summed E-state index contributed by atoms with van der Waals surface area (Å²) >= 11 is 0. The molecule has 5 saturated carbocycles. The number of fused-ring (bicyclic) bond motifs is 3. The van der Waals surface area contributed by atoms with Crippen molar-refractivity contribution in [3.63, 3.8) is 0 Å². The van der Waals surface area contributed by atoms with Gasteiger partial charge in [-0.25, -0.2) is 0 Å². The number of ketones is 2. The summed E-state index contributed by atoms with van der Waals surface area (Å²) in [6.07, 6.45) is 11.4. The van der Waals surface area contributed by atoms with Gasteiger partial charge in [0.15, 0.2) is 0 Å². The maximum atomic E-state index is 13.7. The van der Waals surface area contributed by atoms with E-state index in [0.717, 1.165) is 32.0 Å². The standard InChI is InChI=1S/C30H46O3/c1-19-20(31)15-21(32)24-27(19,5)8-7-22-29(24)13-12-28(6)23-16-25(2,3)9-10-26(23,4)11-14-30(22,28)18-33-17-29/h19,22-24H,7-18H2,1-6H3/t19-,22?,23+,24+,26+,27+,28-,29-,30-/m0/s1. The van der Waals surface area contributed by atoms with E-state index in [0.29, 0.717) is 22.2 Å². The number of ether oxygens (including phenoxy) is 1. The van der Waals surface area contributed by atoms with Crippen molar-refractivity contribution in [2.24, 2.45) is 56.2 Å². The van der Waals surface area contributed by atoms with Crippen molar-refractivity contribution in [1.82, 2.24) is 0 Å². The summed E-state index contributed by atoms with van der Waals surface area (Å²) < 4.78 is 6.65. The topological polar surface area (TPSA) is 43.4 Å². The molecule has 3 nitrogen and oxygen atoms in total. The van der Waals surface area contributed by atoms with Crippen LogP contribution in [0.3, 0.4) is 0 Å². The van der Waals surface area contributed by atoms with Crippen LogP contribution in [0.4, 0.5) is 0 Å². The van der Waals surface area contributed by atoms with Crippen LogP contribution in [-0.4, -0.2) is 24.8 Å². The highest BCUT2D eigenvalue weighted by molar-refractivity contribution is 6.04. The summed E-state index contributed by atoms with van der Waals surface area (Å²) in [7, 11) is 0. The van der Waals surface area contributed by atoms with Crippen LogP contribution in [0.5, 0.6) is 0 Å². The first kappa shape index (κ1) is 22.7. The van der Waals surface area contributed by atoms with E-state index in [2.05, 4.69) is 41.5 Å². The highest BCUT2D eigenvalue weighted by Crippen LogP contribution is 2.79. The Hall–Kier alpha value is -0.700. The largest absolute Gasteiger partial charge is 0.380 e. The van der Waals surface area contributed by atoms with E-state index >= 15 is 0 Å².